The average molecular weight is 339 g/mol. The molecule has 0 amide bonds. The molecule has 0 aromatic rings. The first-order chi connectivity index (χ1) is 11.5. The first-order valence-corrected chi connectivity index (χ1v) is 10.4. The van der Waals surface area contributed by atoms with Gasteiger partial charge in [0.15, 0.2) is 0 Å². The lowest BCUT2D eigenvalue weighted by Gasteiger charge is -2.23. The Hall–Kier alpha value is -0.630. The SMILES string of the molecule is CCCCCC/C=C\CCCCCCCC(=O)CCC[N+](C)(C)C. The lowest BCUT2D eigenvalue weighted by Crippen LogP contribution is -2.35. The molecule has 0 bridgehead atoms. The van der Waals surface area contributed by atoms with Gasteiger partial charge in [-0.05, 0) is 32.1 Å². The average Bonchev–Trinajstić information content (AvgIpc) is 2.50. The van der Waals surface area contributed by atoms with Gasteiger partial charge in [0.25, 0.3) is 0 Å². The van der Waals surface area contributed by atoms with Gasteiger partial charge in [0, 0.05) is 19.3 Å². The molecule has 0 aromatic heterocycles. The fourth-order valence-corrected chi connectivity index (χ4v) is 2.91. The van der Waals surface area contributed by atoms with Crippen LogP contribution in [0.5, 0.6) is 0 Å². The van der Waals surface area contributed by atoms with Crippen molar-refractivity contribution in [2.24, 2.45) is 0 Å². The molecule has 0 radical (unpaired) electrons. The molecule has 0 spiro atoms. The molecule has 0 N–H and O–H groups in total. The van der Waals surface area contributed by atoms with Crippen molar-refractivity contribution in [3.05, 3.63) is 12.2 Å². The maximum Gasteiger partial charge on any atom is 0.133 e. The number of allylic oxidation sites excluding steroid dienone is 2. The largest absolute Gasteiger partial charge is 0.331 e. The fraction of sp³-hybridized carbons (Fsp3) is 0.864. The van der Waals surface area contributed by atoms with Crippen LogP contribution in [0.15, 0.2) is 12.2 Å². The van der Waals surface area contributed by atoms with Crippen LogP contribution < -0.4 is 0 Å². The maximum absolute atomic E-state index is 11.8. The summed E-state index contributed by atoms with van der Waals surface area (Å²) >= 11 is 0. The first-order valence-electron chi connectivity index (χ1n) is 10.4. The molecule has 0 aliphatic carbocycles. The fourth-order valence-electron chi connectivity index (χ4n) is 2.91. The number of carbonyl (C=O) groups is 1. The zero-order valence-electron chi connectivity index (χ0n) is 17.1. The summed E-state index contributed by atoms with van der Waals surface area (Å²) in [4.78, 5) is 11.8. The van der Waals surface area contributed by atoms with Crippen molar-refractivity contribution in [3.8, 4) is 0 Å². The predicted octanol–water partition coefficient (Wildman–Crippen LogP) is 6.30. The second-order valence-electron chi connectivity index (χ2n) is 8.28. The highest BCUT2D eigenvalue weighted by Crippen LogP contribution is 2.10. The molecule has 2 nitrogen and oxygen atoms in total. The second-order valence-corrected chi connectivity index (χ2v) is 8.28. The van der Waals surface area contributed by atoms with Crippen molar-refractivity contribution < 1.29 is 9.28 Å². The number of Topliss-reactive ketones (excluding diaryl/α,β-unsaturated/α-hetero) is 1. The van der Waals surface area contributed by atoms with E-state index in [0.29, 0.717) is 5.78 Å². The molecule has 0 atom stereocenters. The predicted molar refractivity (Wildman–Crippen MR) is 107 cm³/mol. The van der Waals surface area contributed by atoms with Gasteiger partial charge in [0.05, 0.1) is 27.7 Å². The smallest absolute Gasteiger partial charge is 0.133 e. The molecule has 0 aromatic carbocycles. The van der Waals surface area contributed by atoms with E-state index in [2.05, 4.69) is 40.2 Å². The van der Waals surface area contributed by atoms with E-state index < -0.39 is 0 Å². The van der Waals surface area contributed by atoms with Gasteiger partial charge in [0.2, 0.25) is 0 Å². The number of hydrogen-bond acceptors (Lipinski definition) is 1. The molecule has 0 aliphatic rings. The summed E-state index contributed by atoms with van der Waals surface area (Å²) in [6, 6.07) is 0. The molecule has 142 valence electrons. The second kappa shape index (κ2) is 15.9. The van der Waals surface area contributed by atoms with Crippen LogP contribution in [-0.4, -0.2) is 38.0 Å². The number of nitrogens with zero attached hydrogens (tertiary/aromatic N) is 1. The molecule has 0 unspecified atom stereocenters. The number of hydrogen-bond donors (Lipinski definition) is 0. The minimum Gasteiger partial charge on any atom is -0.331 e. The molecule has 24 heavy (non-hydrogen) atoms. The van der Waals surface area contributed by atoms with Crippen LogP contribution in [0.4, 0.5) is 0 Å². The summed E-state index contributed by atoms with van der Waals surface area (Å²) in [7, 11) is 6.56. The normalized spacial score (nSPS) is 12.2. The van der Waals surface area contributed by atoms with Crippen LogP contribution in [0.1, 0.15) is 96.8 Å². The Morgan fingerprint density at radius 3 is 1.79 bits per heavy atom. The summed E-state index contributed by atoms with van der Waals surface area (Å²) in [5, 5.41) is 0. The number of quaternary nitrogens is 1. The van der Waals surface area contributed by atoms with E-state index in [9.17, 15) is 4.79 Å². The highest BCUT2D eigenvalue weighted by Gasteiger charge is 2.08. The van der Waals surface area contributed by atoms with Crippen LogP contribution in [0.2, 0.25) is 0 Å². The summed E-state index contributed by atoms with van der Waals surface area (Å²) in [6.45, 7) is 3.36. The minimum absolute atomic E-state index is 0.467. The molecule has 0 saturated heterocycles. The van der Waals surface area contributed by atoms with Gasteiger partial charge in [-0.15, -0.1) is 0 Å². The van der Waals surface area contributed by atoms with Gasteiger partial charge in [-0.1, -0.05) is 57.6 Å². The van der Waals surface area contributed by atoms with Crippen molar-refractivity contribution in [1.29, 1.82) is 0 Å². The van der Waals surface area contributed by atoms with Crippen LogP contribution in [0.3, 0.4) is 0 Å². The minimum atomic E-state index is 0.467. The number of ketones is 1. The molecular formula is C22H44NO+. The topological polar surface area (TPSA) is 17.1 Å². The van der Waals surface area contributed by atoms with Crippen molar-refractivity contribution in [3.63, 3.8) is 0 Å². The number of unbranched alkanes of at least 4 members (excludes halogenated alkanes) is 9. The maximum atomic E-state index is 11.8. The van der Waals surface area contributed by atoms with Crippen LogP contribution >= 0.6 is 0 Å². The van der Waals surface area contributed by atoms with E-state index in [1.54, 1.807) is 0 Å². The molecular weight excluding hydrogens is 294 g/mol. The summed E-state index contributed by atoms with van der Waals surface area (Å²) in [5.74, 6) is 0.467. The van der Waals surface area contributed by atoms with Gasteiger partial charge < -0.3 is 4.48 Å². The molecule has 0 saturated carbocycles. The Kier molecular flexibility index (Phi) is 15.5. The van der Waals surface area contributed by atoms with Crippen molar-refractivity contribution in [2.75, 3.05) is 27.7 Å². The van der Waals surface area contributed by atoms with Crippen LogP contribution in [-0.2, 0) is 4.79 Å². The summed E-state index contributed by atoms with van der Waals surface area (Å²) in [5.41, 5.74) is 0. The van der Waals surface area contributed by atoms with Crippen molar-refractivity contribution >= 4 is 5.78 Å². The Morgan fingerprint density at radius 1 is 0.708 bits per heavy atom. The zero-order valence-corrected chi connectivity index (χ0v) is 17.1. The third kappa shape index (κ3) is 19.4. The number of carbonyl (C=O) groups excluding carboxylic acids is 1. The monoisotopic (exact) mass is 338 g/mol. The third-order valence-corrected chi connectivity index (χ3v) is 4.50. The van der Waals surface area contributed by atoms with Crippen molar-refractivity contribution in [1.82, 2.24) is 0 Å². The Morgan fingerprint density at radius 2 is 1.21 bits per heavy atom. The molecule has 0 fully saturated rings. The molecule has 0 rings (SSSR count). The first kappa shape index (κ1) is 23.4. The zero-order chi connectivity index (χ0) is 18.1. The van der Waals surface area contributed by atoms with Gasteiger partial charge in [-0.3, -0.25) is 4.79 Å². The van der Waals surface area contributed by atoms with E-state index in [4.69, 9.17) is 0 Å². The number of rotatable bonds is 17. The highest BCUT2D eigenvalue weighted by atomic mass is 16.1. The summed E-state index contributed by atoms with van der Waals surface area (Å²) in [6.07, 6.45) is 21.5. The summed E-state index contributed by atoms with van der Waals surface area (Å²) < 4.78 is 0.959. The lowest BCUT2D eigenvalue weighted by molar-refractivity contribution is -0.870. The van der Waals surface area contributed by atoms with E-state index in [-0.39, 0.29) is 0 Å². The van der Waals surface area contributed by atoms with E-state index in [1.807, 2.05) is 0 Å². The third-order valence-electron chi connectivity index (χ3n) is 4.50. The van der Waals surface area contributed by atoms with Gasteiger partial charge in [0.1, 0.15) is 5.78 Å². The van der Waals surface area contributed by atoms with E-state index >= 15 is 0 Å². The lowest BCUT2D eigenvalue weighted by atomic mass is 10.0. The van der Waals surface area contributed by atoms with Crippen LogP contribution in [0, 0.1) is 0 Å². The quantitative estimate of drug-likeness (QED) is 0.173. The Balaban J connectivity index is 3.27. The molecule has 0 aliphatic heterocycles. The Bertz CT molecular complexity index is 314. The molecule has 2 heteroatoms. The van der Waals surface area contributed by atoms with E-state index in [0.717, 1.165) is 36.7 Å². The Labute approximate surface area is 152 Å². The van der Waals surface area contributed by atoms with Gasteiger partial charge in [-0.25, -0.2) is 0 Å². The highest BCUT2D eigenvalue weighted by molar-refractivity contribution is 5.78. The van der Waals surface area contributed by atoms with Gasteiger partial charge in [-0.2, -0.15) is 0 Å². The van der Waals surface area contributed by atoms with Gasteiger partial charge >= 0.3 is 0 Å². The van der Waals surface area contributed by atoms with Crippen molar-refractivity contribution in [2.45, 2.75) is 96.8 Å². The standard InChI is InChI=1S/C22H44NO/c1-5-6-7-8-9-10-11-12-13-14-15-16-17-19-22(24)20-18-21-23(2,3)4/h10-11H,5-9,12-21H2,1-4H3/q+1/b11-10-. The van der Waals surface area contributed by atoms with E-state index in [1.165, 1.54) is 64.2 Å². The van der Waals surface area contributed by atoms with Crippen LogP contribution in [0.25, 0.3) is 0 Å². The molecule has 0 heterocycles.